The first-order chi connectivity index (χ1) is 13.5. The molecular weight excluding hydrogens is 376 g/mol. The Kier molecular flexibility index (Phi) is 6.11. The number of amides is 1. The number of nitrogens with one attached hydrogen (secondary N) is 2. The van der Waals surface area contributed by atoms with Gasteiger partial charge in [0.1, 0.15) is 17.3 Å². The summed E-state index contributed by atoms with van der Waals surface area (Å²) >= 11 is 6.08. The number of aromatic nitrogens is 2. The number of halogens is 1. The Morgan fingerprint density at radius 3 is 2.54 bits per heavy atom. The molecule has 1 amide bonds. The van der Waals surface area contributed by atoms with Crippen LogP contribution in [0.2, 0.25) is 5.02 Å². The molecule has 2 N–H and O–H groups in total. The van der Waals surface area contributed by atoms with Crippen LogP contribution in [0.4, 0.5) is 17.2 Å². The average molecular weight is 397 g/mol. The van der Waals surface area contributed by atoms with Crippen LogP contribution in [0.3, 0.4) is 0 Å². The number of carbonyl (C=O) groups is 1. The topological polar surface area (TPSA) is 76.1 Å². The summed E-state index contributed by atoms with van der Waals surface area (Å²) in [4.78, 5) is 20.9. The molecule has 144 valence electrons. The third-order valence-electron chi connectivity index (χ3n) is 4.14. The first-order valence-corrected chi connectivity index (χ1v) is 9.18. The highest BCUT2D eigenvalue weighted by Crippen LogP contribution is 2.28. The number of para-hydroxylation sites is 1. The molecular formula is C21H21ClN4O2. The van der Waals surface area contributed by atoms with Crippen molar-refractivity contribution in [3.63, 3.8) is 0 Å². The van der Waals surface area contributed by atoms with Crippen LogP contribution < -0.4 is 15.4 Å². The van der Waals surface area contributed by atoms with Gasteiger partial charge in [0.25, 0.3) is 5.91 Å². The van der Waals surface area contributed by atoms with Gasteiger partial charge in [0, 0.05) is 11.4 Å². The van der Waals surface area contributed by atoms with E-state index in [4.69, 9.17) is 16.3 Å². The first-order valence-electron chi connectivity index (χ1n) is 8.81. The molecule has 6 nitrogen and oxygen atoms in total. The smallest absolute Gasteiger partial charge is 0.275 e. The minimum absolute atomic E-state index is 0.203. The van der Waals surface area contributed by atoms with Crippen molar-refractivity contribution in [2.24, 2.45) is 0 Å². The third kappa shape index (κ3) is 4.58. The van der Waals surface area contributed by atoms with E-state index in [1.807, 2.05) is 18.2 Å². The van der Waals surface area contributed by atoms with E-state index < -0.39 is 0 Å². The number of ether oxygens (including phenoxy) is 1. The van der Waals surface area contributed by atoms with Crippen LogP contribution >= 0.6 is 11.6 Å². The Hall–Kier alpha value is -3.12. The van der Waals surface area contributed by atoms with Gasteiger partial charge in [-0.1, -0.05) is 43.6 Å². The van der Waals surface area contributed by atoms with E-state index in [1.54, 1.807) is 18.2 Å². The summed E-state index contributed by atoms with van der Waals surface area (Å²) in [6.45, 7) is 4.26. The van der Waals surface area contributed by atoms with Crippen molar-refractivity contribution in [2.45, 2.75) is 19.8 Å². The Morgan fingerprint density at radius 2 is 1.89 bits per heavy atom. The fourth-order valence-corrected chi connectivity index (χ4v) is 2.96. The van der Waals surface area contributed by atoms with Crippen molar-refractivity contribution >= 4 is 34.7 Å². The summed E-state index contributed by atoms with van der Waals surface area (Å²) in [6, 6.07) is 13.0. The summed E-state index contributed by atoms with van der Waals surface area (Å²) in [5, 5.41) is 6.41. The fraction of sp³-hybridized carbons (Fsp3) is 0.190. The van der Waals surface area contributed by atoms with Gasteiger partial charge in [-0.2, -0.15) is 0 Å². The zero-order chi connectivity index (χ0) is 20.1. The van der Waals surface area contributed by atoms with Crippen LogP contribution in [0.1, 0.15) is 35.8 Å². The van der Waals surface area contributed by atoms with Crippen LogP contribution in [-0.4, -0.2) is 23.0 Å². The first kappa shape index (κ1) is 19.6. The number of benzene rings is 2. The molecule has 0 unspecified atom stereocenters. The van der Waals surface area contributed by atoms with Gasteiger partial charge in [-0.25, -0.2) is 9.97 Å². The summed E-state index contributed by atoms with van der Waals surface area (Å²) in [5.41, 5.74) is 2.90. The molecule has 0 aliphatic rings. The van der Waals surface area contributed by atoms with Crippen molar-refractivity contribution < 1.29 is 9.53 Å². The highest BCUT2D eigenvalue weighted by atomic mass is 35.5. The lowest BCUT2D eigenvalue weighted by Gasteiger charge is -2.14. The van der Waals surface area contributed by atoms with Gasteiger partial charge < -0.3 is 15.4 Å². The number of carbonyl (C=O) groups excluding carboxylic acids is 1. The van der Waals surface area contributed by atoms with E-state index in [0.29, 0.717) is 28.2 Å². The average Bonchev–Trinajstić information content (AvgIpc) is 2.69. The summed E-state index contributed by atoms with van der Waals surface area (Å²) in [7, 11) is 1.53. The van der Waals surface area contributed by atoms with Crippen LogP contribution in [0, 0.1) is 0 Å². The standard InChI is InChI=1S/C21H21ClN4O2/c1-13(2)15-6-4-5-7-17(15)26-20-12-23-18(11-24-20)21(27)25-14-8-9-19(28-3)16(22)10-14/h4-13H,1-3H3,(H,24,26)(H,25,27). The lowest BCUT2D eigenvalue weighted by molar-refractivity contribution is 0.102. The molecule has 28 heavy (non-hydrogen) atoms. The lowest BCUT2D eigenvalue weighted by Crippen LogP contribution is -2.14. The zero-order valence-corrected chi connectivity index (χ0v) is 16.6. The normalized spacial score (nSPS) is 10.6. The van der Waals surface area contributed by atoms with Gasteiger partial charge in [-0.3, -0.25) is 4.79 Å². The minimum atomic E-state index is -0.372. The summed E-state index contributed by atoms with van der Waals surface area (Å²) in [6.07, 6.45) is 2.97. The Bertz CT molecular complexity index is 974. The lowest BCUT2D eigenvalue weighted by atomic mass is 10.0. The molecule has 0 radical (unpaired) electrons. The maximum atomic E-state index is 12.4. The molecule has 1 aromatic heterocycles. The van der Waals surface area contributed by atoms with Crippen LogP contribution in [0.15, 0.2) is 54.9 Å². The van der Waals surface area contributed by atoms with E-state index in [0.717, 1.165) is 5.69 Å². The maximum absolute atomic E-state index is 12.4. The second-order valence-corrected chi connectivity index (χ2v) is 6.86. The SMILES string of the molecule is COc1ccc(NC(=O)c2cnc(Nc3ccccc3C(C)C)cn2)cc1Cl. The Morgan fingerprint density at radius 1 is 1.11 bits per heavy atom. The summed E-state index contributed by atoms with van der Waals surface area (Å²) < 4.78 is 5.10. The molecule has 0 bridgehead atoms. The van der Waals surface area contributed by atoms with Gasteiger partial charge in [0.2, 0.25) is 0 Å². The monoisotopic (exact) mass is 396 g/mol. The van der Waals surface area contributed by atoms with E-state index in [9.17, 15) is 4.79 Å². The van der Waals surface area contributed by atoms with Crippen molar-refractivity contribution in [1.82, 2.24) is 9.97 Å². The number of methoxy groups -OCH3 is 1. The molecule has 3 aromatic rings. The number of hydrogen-bond acceptors (Lipinski definition) is 5. The van der Waals surface area contributed by atoms with Gasteiger partial charge in [-0.05, 0) is 35.7 Å². The van der Waals surface area contributed by atoms with E-state index in [-0.39, 0.29) is 11.6 Å². The van der Waals surface area contributed by atoms with E-state index in [1.165, 1.54) is 25.1 Å². The molecule has 3 rings (SSSR count). The second-order valence-electron chi connectivity index (χ2n) is 6.46. The van der Waals surface area contributed by atoms with Crippen molar-refractivity contribution in [3.8, 4) is 5.75 Å². The number of rotatable bonds is 6. The van der Waals surface area contributed by atoms with Gasteiger partial charge in [0.05, 0.1) is 24.5 Å². The zero-order valence-electron chi connectivity index (χ0n) is 15.9. The highest BCUT2D eigenvalue weighted by molar-refractivity contribution is 6.32. The quantitative estimate of drug-likeness (QED) is 0.594. The van der Waals surface area contributed by atoms with Crippen LogP contribution in [0.25, 0.3) is 0 Å². The predicted octanol–water partition coefficient (Wildman–Crippen LogP) is 5.26. The van der Waals surface area contributed by atoms with E-state index >= 15 is 0 Å². The Labute approximate surface area is 168 Å². The molecule has 0 atom stereocenters. The third-order valence-corrected chi connectivity index (χ3v) is 4.44. The molecule has 0 saturated heterocycles. The number of hydrogen-bond donors (Lipinski definition) is 2. The molecule has 1 heterocycles. The minimum Gasteiger partial charge on any atom is -0.495 e. The number of anilines is 3. The van der Waals surface area contributed by atoms with Gasteiger partial charge in [0.15, 0.2) is 0 Å². The van der Waals surface area contributed by atoms with Crippen molar-refractivity contribution in [1.29, 1.82) is 0 Å². The largest absolute Gasteiger partial charge is 0.495 e. The van der Waals surface area contributed by atoms with Crippen molar-refractivity contribution in [2.75, 3.05) is 17.7 Å². The van der Waals surface area contributed by atoms with Gasteiger partial charge in [-0.15, -0.1) is 0 Å². The molecule has 0 saturated carbocycles. The fourth-order valence-electron chi connectivity index (χ4n) is 2.70. The molecule has 0 aliphatic carbocycles. The van der Waals surface area contributed by atoms with E-state index in [2.05, 4.69) is 40.5 Å². The second kappa shape index (κ2) is 8.71. The van der Waals surface area contributed by atoms with Crippen LogP contribution in [0.5, 0.6) is 5.75 Å². The van der Waals surface area contributed by atoms with Crippen LogP contribution in [-0.2, 0) is 0 Å². The summed E-state index contributed by atoms with van der Waals surface area (Å²) in [5.74, 6) is 1.11. The predicted molar refractivity (Wildman–Crippen MR) is 112 cm³/mol. The Balaban J connectivity index is 1.70. The van der Waals surface area contributed by atoms with Gasteiger partial charge >= 0.3 is 0 Å². The molecule has 2 aromatic carbocycles. The number of nitrogens with zero attached hydrogens (tertiary/aromatic N) is 2. The molecule has 0 fully saturated rings. The highest BCUT2D eigenvalue weighted by Gasteiger charge is 2.11. The molecule has 0 aliphatic heterocycles. The maximum Gasteiger partial charge on any atom is 0.275 e. The molecule has 0 spiro atoms. The van der Waals surface area contributed by atoms with Crippen molar-refractivity contribution in [3.05, 3.63) is 71.1 Å². The molecule has 7 heteroatoms.